The van der Waals surface area contributed by atoms with Crippen molar-refractivity contribution in [2.75, 3.05) is 33.0 Å². The maximum Gasteiger partial charge on any atom is 0.472 e. The van der Waals surface area contributed by atoms with Crippen molar-refractivity contribution in [1.29, 1.82) is 0 Å². The second-order valence-corrected chi connectivity index (χ2v) is 13.9. The molecular formula is C39H72NO7P. The van der Waals surface area contributed by atoms with E-state index in [-0.39, 0.29) is 32.3 Å². The molecule has 0 bridgehead atoms. The van der Waals surface area contributed by atoms with Crippen molar-refractivity contribution in [3.63, 3.8) is 0 Å². The fourth-order valence-electron chi connectivity index (χ4n) is 4.94. The van der Waals surface area contributed by atoms with E-state index in [0.29, 0.717) is 13.0 Å². The van der Waals surface area contributed by atoms with E-state index in [1.807, 2.05) is 0 Å². The number of rotatable bonds is 36. The second kappa shape index (κ2) is 36.7. The molecule has 0 rings (SSSR count). The Labute approximate surface area is 294 Å². The quantitative estimate of drug-likeness (QED) is 0.0287. The predicted octanol–water partition coefficient (Wildman–Crippen LogP) is 10.9. The Morgan fingerprint density at radius 3 is 1.77 bits per heavy atom. The Balaban J connectivity index is 4.13. The van der Waals surface area contributed by atoms with E-state index in [4.69, 9.17) is 24.3 Å². The Hall–Kier alpha value is -1.54. The zero-order valence-corrected chi connectivity index (χ0v) is 31.6. The third-order valence-corrected chi connectivity index (χ3v) is 8.71. The lowest BCUT2D eigenvalue weighted by Crippen LogP contribution is -2.28. The highest BCUT2D eigenvalue weighted by molar-refractivity contribution is 7.47. The van der Waals surface area contributed by atoms with E-state index in [0.717, 1.165) is 77.0 Å². The molecule has 0 aliphatic heterocycles. The third-order valence-electron chi connectivity index (χ3n) is 7.73. The topological polar surface area (TPSA) is 117 Å². The number of carbonyl (C=O) groups is 1. The van der Waals surface area contributed by atoms with E-state index in [1.165, 1.54) is 57.8 Å². The molecule has 0 saturated carbocycles. The highest BCUT2D eigenvalue weighted by Gasteiger charge is 2.25. The molecule has 0 aromatic carbocycles. The standard InChI is InChI=1S/C39H72NO7P/c1-3-5-7-9-11-13-15-17-18-19-21-23-25-27-29-31-34-44-36-38(37-46-48(42,43)45-35-33-40)47-39(41)32-30-28-26-24-22-20-16-14-12-10-8-6-4-2/h5,7,11,13-14,16-18,38H,3-4,6,8-10,12,15,19-37,40H2,1-2H3,(H,42,43)/b7-5-,13-11-,16-14-,18-17-. The van der Waals surface area contributed by atoms with Crippen LogP contribution in [-0.4, -0.2) is 49.9 Å². The summed E-state index contributed by atoms with van der Waals surface area (Å²) in [6.45, 7) is 4.74. The first kappa shape index (κ1) is 46.5. The van der Waals surface area contributed by atoms with Crippen LogP contribution in [-0.2, 0) is 27.9 Å². The van der Waals surface area contributed by atoms with Crippen LogP contribution in [0.3, 0.4) is 0 Å². The van der Waals surface area contributed by atoms with Crippen LogP contribution >= 0.6 is 7.82 Å². The van der Waals surface area contributed by atoms with Gasteiger partial charge in [-0.05, 0) is 70.6 Å². The first-order chi connectivity index (χ1) is 23.4. The van der Waals surface area contributed by atoms with Gasteiger partial charge in [0.2, 0.25) is 0 Å². The molecule has 0 aliphatic carbocycles. The Morgan fingerprint density at radius 2 is 1.17 bits per heavy atom. The van der Waals surface area contributed by atoms with Gasteiger partial charge in [-0.2, -0.15) is 0 Å². The molecule has 0 spiro atoms. The number of carbonyl (C=O) groups excluding carboxylic acids is 1. The SMILES string of the molecule is CC/C=C\C/C=C\C/C=C\CCCCCCCCOCC(COP(=O)(O)OCCN)OC(=O)CCCCCCC/C=C\CCCCCC. The van der Waals surface area contributed by atoms with Gasteiger partial charge in [0.15, 0.2) is 0 Å². The zero-order valence-electron chi connectivity index (χ0n) is 30.7. The lowest BCUT2D eigenvalue weighted by Gasteiger charge is -2.20. The molecular weight excluding hydrogens is 625 g/mol. The number of phosphoric acid groups is 1. The average molecular weight is 698 g/mol. The number of nitrogens with two attached hydrogens (primary N) is 1. The molecule has 0 aromatic rings. The molecule has 2 unspecified atom stereocenters. The summed E-state index contributed by atoms with van der Waals surface area (Å²) in [7, 11) is -4.28. The first-order valence-electron chi connectivity index (χ1n) is 19.1. The minimum Gasteiger partial charge on any atom is -0.457 e. The number of hydrogen-bond acceptors (Lipinski definition) is 7. The van der Waals surface area contributed by atoms with Crippen molar-refractivity contribution >= 4 is 13.8 Å². The van der Waals surface area contributed by atoms with Gasteiger partial charge in [-0.15, -0.1) is 0 Å². The first-order valence-corrected chi connectivity index (χ1v) is 20.6. The van der Waals surface area contributed by atoms with Crippen molar-refractivity contribution in [2.24, 2.45) is 5.73 Å². The minimum atomic E-state index is -4.28. The molecule has 9 heteroatoms. The summed E-state index contributed by atoms with van der Waals surface area (Å²) < 4.78 is 33.3. The number of hydrogen-bond donors (Lipinski definition) is 2. The summed E-state index contributed by atoms with van der Waals surface area (Å²) >= 11 is 0. The largest absolute Gasteiger partial charge is 0.472 e. The van der Waals surface area contributed by atoms with Gasteiger partial charge < -0.3 is 20.1 Å². The third kappa shape index (κ3) is 35.8. The molecule has 0 amide bonds. The molecule has 0 radical (unpaired) electrons. The Morgan fingerprint density at radius 1 is 0.646 bits per heavy atom. The van der Waals surface area contributed by atoms with Gasteiger partial charge in [0.25, 0.3) is 0 Å². The van der Waals surface area contributed by atoms with Gasteiger partial charge in [-0.25, -0.2) is 4.57 Å². The van der Waals surface area contributed by atoms with Crippen molar-refractivity contribution in [3.8, 4) is 0 Å². The van der Waals surface area contributed by atoms with E-state index in [1.54, 1.807) is 0 Å². The molecule has 280 valence electrons. The number of allylic oxidation sites excluding steroid dienone is 8. The predicted molar refractivity (Wildman–Crippen MR) is 201 cm³/mol. The van der Waals surface area contributed by atoms with Gasteiger partial charge in [0.1, 0.15) is 6.10 Å². The van der Waals surface area contributed by atoms with Gasteiger partial charge in [-0.1, -0.05) is 127 Å². The van der Waals surface area contributed by atoms with Crippen LogP contribution in [0.1, 0.15) is 155 Å². The van der Waals surface area contributed by atoms with E-state index in [9.17, 15) is 14.3 Å². The van der Waals surface area contributed by atoms with E-state index in [2.05, 4.69) is 62.5 Å². The summed E-state index contributed by atoms with van der Waals surface area (Å²) in [5, 5.41) is 0. The molecule has 2 atom stereocenters. The highest BCUT2D eigenvalue weighted by atomic mass is 31.2. The molecule has 0 saturated heterocycles. The number of esters is 1. The highest BCUT2D eigenvalue weighted by Crippen LogP contribution is 2.43. The zero-order chi connectivity index (χ0) is 35.2. The molecule has 8 nitrogen and oxygen atoms in total. The Kier molecular flexibility index (Phi) is 35.6. The number of unbranched alkanes of at least 4 members (excludes halogenated alkanes) is 15. The molecule has 0 fully saturated rings. The van der Waals surface area contributed by atoms with Crippen LogP contribution in [0.2, 0.25) is 0 Å². The van der Waals surface area contributed by atoms with Crippen LogP contribution < -0.4 is 5.73 Å². The van der Waals surface area contributed by atoms with Crippen molar-refractivity contribution < 1.29 is 32.8 Å². The normalized spacial score (nSPS) is 14.2. The summed E-state index contributed by atoms with van der Waals surface area (Å²) in [6.07, 6.45) is 41.2. The lowest BCUT2D eigenvalue weighted by atomic mass is 10.1. The maximum atomic E-state index is 12.5. The van der Waals surface area contributed by atoms with E-state index >= 15 is 0 Å². The monoisotopic (exact) mass is 698 g/mol. The van der Waals surface area contributed by atoms with Crippen LogP contribution in [0.4, 0.5) is 0 Å². The van der Waals surface area contributed by atoms with Crippen LogP contribution in [0.15, 0.2) is 48.6 Å². The maximum absolute atomic E-state index is 12.5. The van der Waals surface area contributed by atoms with E-state index < -0.39 is 13.9 Å². The van der Waals surface area contributed by atoms with Gasteiger partial charge in [0, 0.05) is 19.6 Å². The molecule has 0 aromatic heterocycles. The van der Waals surface area contributed by atoms with Crippen LogP contribution in [0.5, 0.6) is 0 Å². The number of phosphoric ester groups is 1. The van der Waals surface area contributed by atoms with Crippen molar-refractivity contribution in [2.45, 2.75) is 161 Å². The minimum absolute atomic E-state index is 0.0950. The van der Waals surface area contributed by atoms with Crippen LogP contribution in [0.25, 0.3) is 0 Å². The summed E-state index contributed by atoms with van der Waals surface area (Å²) in [5.74, 6) is -0.347. The fourth-order valence-corrected chi connectivity index (χ4v) is 5.71. The summed E-state index contributed by atoms with van der Waals surface area (Å²) in [4.78, 5) is 22.4. The second-order valence-electron chi connectivity index (χ2n) is 12.4. The molecule has 0 heterocycles. The van der Waals surface area contributed by atoms with Gasteiger partial charge >= 0.3 is 13.8 Å². The summed E-state index contributed by atoms with van der Waals surface area (Å²) in [5.41, 5.74) is 5.35. The van der Waals surface area contributed by atoms with Crippen molar-refractivity contribution in [1.82, 2.24) is 0 Å². The average Bonchev–Trinajstić information content (AvgIpc) is 3.07. The van der Waals surface area contributed by atoms with Gasteiger partial charge in [-0.3, -0.25) is 13.8 Å². The fraction of sp³-hybridized carbons (Fsp3) is 0.769. The molecule has 48 heavy (non-hydrogen) atoms. The smallest absolute Gasteiger partial charge is 0.457 e. The van der Waals surface area contributed by atoms with Gasteiger partial charge in [0.05, 0.1) is 19.8 Å². The molecule has 3 N–H and O–H groups in total. The lowest BCUT2D eigenvalue weighted by molar-refractivity contribution is -0.154. The summed E-state index contributed by atoms with van der Waals surface area (Å²) in [6, 6.07) is 0. The van der Waals surface area contributed by atoms with Crippen molar-refractivity contribution in [3.05, 3.63) is 48.6 Å². The van der Waals surface area contributed by atoms with Crippen LogP contribution in [0, 0.1) is 0 Å². The Bertz CT molecular complexity index is 874. The number of ether oxygens (including phenoxy) is 2. The molecule has 0 aliphatic rings.